The Morgan fingerprint density at radius 3 is 0.983 bits per heavy atom. The van der Waals surface area contributed by atoms with E-state index in [1.165, 1.54) is 169 Å². The fraction of sp³-hybridized carbons (Fsp3) is 0.684. The van der Waals surface area contributed by atoms with Crippen molar-refractivity contribution < 1.29 is 21.2 Å². The summed E-state index contributed by atoms with van der Waals surface area (Å²) in [5.41, 5.74) is 27.5. The maximum atomic E-state index is 12.4. The summed E-state index contributed by atoms with van der Waals surface area (Å²) in [5, 5.41) is 0. The molecule has 2 aromatic rings. The van der Waals surface area contributed by atoms with Crippen LogP contribution in [0.4, 0.5) is 0 Å². The second-order valence-electron chi connectivity index (χ2n) is 17.5. The molecule has 0 bridgehead atoms. The summed E-state index contributed by atoms with van der Waals surface area (Å²) in [4.78, 5) is 0. The molecule has 0 aliphatic carbocycles. The van der Waals surface area contributed by atoms with Gasteiger partial charge in [0, 0.05) is 22.8 Å². The van der Waals surface area contributed by atoms with Crippen molar-refractivity contribution in [2.75, 3.05) is 0 Å². The Hall–Kier alpha value is -1.99. The van der Waals surface area contributed by atoms with E-state index in [9.17, 15) is 5.53 Å². The number of benzene rings is 2. The number of aryl methyl sites for hydroxylation is 4. The molecule has 0 aromatic heterocycles. The van der Waals surface area contributed by atoms with Gasteiger partial charge in [-0.1, -0.05) is 159 Å². The average molecular weight is 868 g/mol. The minimum absolute atomic E-state index is 0. The van der Waals surface area contributed by atoms with E-state index >= 15 is 0 Å². The van der Waals surface area contributed by atoms with Crippen LogP contribution in [0.25, 0.3) is 16.9 Å². The molecule has 0 saturated heterocycles. The fourth-order valence-electron chi connectivity index (χ4n) is 8.30. The van der Waals surface area contributed by atoms with Gasteiger partial charge in [0.25, 0.3) is 0 Å². The number of rotatable bonds is 30. The molecule has 1 heterocycles. The molecule has 2 aromatic carbocycles. The van der Waals surface area contributed by atoms with E-state index in [4.69, 9.17) is 0 Å². The van der Waals surface area contributed by atoms with Crippen molar-refractivity contribution >= 4 is 11.4 Å². The van der Waals surface area contributed by atoms with Gasteiger partial charge in [-0.25, -0.2) is 4.70 Å². The van der Waals surface area contributed by atoms with Gasteiger partial charge < -0.3 is 19.4 Å². The van der Waals surface area contributed by atoms with Crippen LogP contribution in [0.1, 0.15) is 261 Å². The monoisotopic (exact) mass is 867 g/mol. The van der Waals surface area contributed by atoms with E-state index < -0.39 is 0 Å². The summed E-state index contributed by atoms with van der Waals surface area (Å²) in [5.74, 6) is 0. The van der Waals surface area contributed by atoms with Gasteiger partial charge in [-0.05, 0) is 141 Å². The standard InChI is InChI=1S/C49H78N2.2C4H9.Ni/c1-8-15-21-28-39-34-44(35-40(29-22-16-9-2)46(39)32-25-19-12-5)48-38-43(27-14-7)49(51(48)50)45-36-41(30-23-17-10-3)47(33-26-20-13-6)42(37-45)31-24-18-11-4;2*1-3-4-2;/h34-38H,8-33H2,1-7H3;2*1,3-4H2,2H3;/q;2*-1;+2. The van der Waals surface area contributed by atoms with Gasteiger partial charge in [0.15, 0.2) is 0 Å². The summed E-state index contributed by atoms with van der Waals surface area (Å²) in [7, 11) is 0. The van der Waals surface area contributed by atoms with Crippen LogP contribution in [0, 0.1) is 13.8 Å². The molecule has 0 amide bonds. The Kier molecular flexibility index (Phi) is 36.3. The molecule has 3 heteroatoms. The Balaban J connectivity index is 0.00000354. The predicted octanol–water partition coefficient (Wildman–Crippen LogP) is 18.9. The number of unbranched alkanes of at least 4 members (excludes halogenated alkanes) is 14. The summed E-state index contributed by atoms with van der Waals surface area (Å²) < 4.78 is 1.61. The van der Waals surface area contributed by atoms with Crippen molar-refractivity contribution in [1.82, 2.24) is 0 Å². The Labute approximate surface area is 385 Å². The molecule has 0 radical (unpaired) electrons. The maximum absolute atomic E-state index is 12.4. The zero-order chi connectivity index (χ0) is 43.7. The minimum Gasteiger partial charge on any atom is -0.493 e. The van der Waals surface area contributed by atoms with Crippen LogP contribution < -0.4 is 0 Å². The van der Waals surface area contributed by atoms with Crippen molar-refractivity contribution in [3.8, 4) is 0 Å². The first kappa shape index (κ1) is 58.0. The molecule has 0 fully saturated rings. The second kappa shape index (κ2) is 37.6. The first-order chi connectivity index (χ1) is 28.8. The van der Waals surface area contributed by atoms with Crippen LogP contribution in [-0.4, -0.2) is 4.70 Å². The van der Waals surface area contributed by atoms with Crippen LogP contribution in [0.3, 0.4) is 0 Å². The van der Waals surface area contributed by atoms with Gasteiger partial charge >= 0.3 is 16.5 Å². The Bertz CT molecular complexity index is 1390. The number of hydrogen-bond acceptors (Lipinski definition) is 0. The summed E-state index contributed by atoms with van der Waals surface area (Å²) in [6.07, 6.45) is 38.6. The zero-order valence-electron chi connectivity index (χ0n) is 41.2. The molecule has 0 saturated carbocycles. The topological polar surface area (TPSA) is 25.3 Å². The van der Waals surface area contributed by atoms with E-state index in [0.29, 0.717) is 0 Å². The SMILES string of the molecule is CCCCCc1cc(C2=CC(CCC)=C(c3cc(CCCCC)c(CCCCC)c(CCCCC)c3)[N+]2=[N-])cc(CCCCC)c1CCCCC.[CH2-]CCC.[CH2-]CCC.[Ni+2]. The van der Waals surface area contributed by atoms with Crippen molar-refractivity contribution in [3.05, 3.63) is 99.8 Å². The van der Waals surface area contributed by atoms with E-state index in [-0.39, 0.29) is 16.5 Å². The van der Waals surface area contributed by atoms with Gasteiger partial charge in [0.05, 0.1) is 0 Å². The third-order valence-electron chi connectivity index (χ3n) is 12.0. The van der Waals surface area contributed by atoms with Crippen molar-refractivity contribution in [1.29, 1.82) is 0 Å². The van der Waals surface area contributed by atoms with Gasteiger partial charge in [-0.2, -0.15) is 12.8 Å². The van der Waals surface area contributed by atoms with E-state index in [1.54, 1.807) is 27.0 Å². The number of allylic oxidation sites excluding steroid dienone is 2. The quantitative estimate of drug-likeness (QED) is 0.0324. The Morgan fingerprint density at radius 1 is 0.400 bits per heavy atom. The van der Waals surface area contributed by atoms with Crippen molar-refractivity contribution in [2.24, 2.45) is 0 Å². The van der Waals surface area contributed by atoms with Crippen molar-refractivity contribution in [3.63, 3.8) is 0 Å². The van der Waals surface area contributed by atoms with Crippen LogP contribution in [-0.2, 0) is 55.0 Å². The fourth-order valence-corrected chi connectivity index (χ4v) is 8.30. The number of hydrogen-bond donors (Lipinski definition) is 0. The van der Waals surface area contributed by atoms with Gasteiger partial charge in [0.2, 0.25) is 11.4 Å². The van der Waals surface area contributed by atoms with Gasteiger partial charge in [-0.15, -0.1) is 0 Å². The molecular formula is C57H96N2Ni. The summed E-state index contributed by atoms with van der Waals surface area (Å²) in [6.45, 7) is 27.6. The van der Waals surface area contributed by atoms with Crippen molar-refractivity contribution in [2.45, 2.75) is 255 Å². The maximum Gasteiger partial charge on any atom is 2.00 e. The Morgan fingerprint density at radius 2 is 0.700 bits per heavy atom. The molecule has 0 spiro atoms. The summed E-state index contributed by atoms with van der Waals surface area (Å²) in [6, 6.07) is 9.94. The molecule has 0 atom stereocenters. The second-order valence-corrected chi connectivity index (χ2v) is 17.5. The third-order valence-corrected chi connectivity index (χ3v) is 12.0. The molecule has 0 N–H and O–H groups in total. The van der Waals surface area contributed by atoms with Gasteiger partial charge in [0.1, 0.15) is 0 Å². The smallest absolute Gasteiger partial charge is 0.493 e. The first-order valence-electron chi connectivity index (χ1n) is 25.6. The van der Waals surface area contributed by atoms with E-state index in [2.05, 4.69) is 107 Å². The molecule has 3 rings (SSSR count). The summed E-state index contributed by atoms with van der Waals surface area (Å²) >= 11 is 0. The third kappa shape index (κ3) is 21.4. The zero-order valence-corrected chi connectivity index (χ0v) is 42.2. The molecule has 0 unspecified atom stereocenters. The van der Waals surface area contributed by atoms with Crippen LogP contribution >= 0.6 is 0 Å². The average Bonchev–Trinajstić information content (AvgIpc) is 3.57. The predicted molar refractivity (Wildman–Crippen MR) is 266 cm³/mol. The van der Waals surface area contributed by atoms with Crippen LogP contribution in [0.2, 0.25) is 0 Å². The van der Waals surface area contributed by atoms with E-state index in [0.717, 1.165) is 62.8 Å². The first-order valence-corrected chi connectivity index (χ1v) is 25.6. The van der Waals surface area contributed by atoms with Crippen LogP contribution in [0.5, 0.6) is 0 Å². The normalized spacial score (nSPS) is 12.2. The molecule has 1 aliphatic heterocycles. The molecule has 2 nitrogen and oxygen atoms in total. The molecule has 1 aliphatic rings. The largest absolute Gasteiger partial charge is 2.00 e. The van der Waals surface area contributed by atoms with Crippen LogP contribution in [0.15, 0.2) is 35.9 Å². The number of nitrogens with zero attached hydrogens (tertiary/aromatic N) is 2. The minimum atomic E-state index is 0. The van der Waals surface area contributed by atoms with E-state index in [1.807, 2.05) is 0 Å². The molecule has 60 heavy (non-hydrogen) atoms. The molecule has 344 valence electrons. The molecular weight excluding hydrogens is 771 g/mol. The van der Waals surface area contributed by atoms with Gasteiger partial charge in [-0.3, -0.25) is 0 Å².